The Morgan fingerprint density at radius 1 is 1.20 bits per heavy atom. The lowest BCUT2D eigenvalue weighted by Gasteiger charge is -2.10. The van der Waals surface area contributed by atoms with E-state index in [0.29, 0.717) is 12.2 Å². The Hall–Kier alpha value is -2.34. The van der Waals surface area contributed by atoms with E-state index in [9.17, 15) is 9.59 Å². The van der Waals surface area contributed by atoms with Crippen molar-refractivity contribution in [2.75, 3.05) is 11.9 Å². The number of benzene rings is 1. The molecular weight excluding hydrogens is 338 g/mol. The Morgan fingerprint density at radius 2 is 2.04 bits per heavy atom. The van der Waals surface area contributed by atoms with Crippen molar-refractivity contribution in [3.05, 3.63) is 46.2 Å². The van der Waals surface area contributed by atoms with Gasteiger partial charge in [0.05, 0.1) is 0 Å². The van der Waals surface area contributed by atoms with Gasteiger partial charge in [0.25, 0.3) is 0 Å². The van der Waals surface area contributed by atoms with Crippen LogP contribution in [0.15, 0.2) is 35.7 Å². The number of unbranched alkanes of at least 4 members (excludes halogenated alkanes) is 2. The molecule has 0 fully saturated rings. The van der Waals surface area contributed by atoms with Crippen molar-refractivity contribution in [2.45, 2.75) is 39.0 Å². The highest BCUT2D eigenvalue weighted by atomic mass is 32.1. The molecule has 25 heavy (non-hydrogen) atoms. The van der Waals surface area contributed by atoms with Crippen LogP contribution in [0, 0.1) is 6.92 Å². The van der Waals surface area contributed by atoms with E-state index in [-0.39, 0.29) is 12.5 Å². The van der Waals surface area contributed by atoms with E-state index >= 15 is 0 Å². The minimum atomic E-state index is -1.02. The first-order chi connectivity index (χ1) is 12.0. The second kappa shape index (κ2) is 9.84. The zero-order valence-electron chi connectivity index (χ0n) is 14.3. The van der Waals surface area contributed by atoms with Gasteiger partial charge in [0.1, 0.15) is 5.75 Å². The van der Waals surface area contributed by atoms with Crippen LogP contribution in [-0.4, -0.2) is 23.6 Å². The normalized spacial score (nSPS) is 10.4. The van der Waals surface area contributed by atoms with Crippen LogP contribution in [0.25, 0.3) is 0 Å². The smallest absolute Gasteiger partial charge is 0.341 e. The summed E-state index contributed by atoms with van der Waals surface area (Å²) in [6.07, 6.45) is 4.59. The lowest BCUT2D eigenvalue weighted by molar-refractivity contribution is -0.139. The average molecular weight is 361 g/mol. The first-order valence-electron chi connectivity index (χ1n) is 8.32. The van der Waals surface area contributed by atoms with Crippen molar-refractivity contribution in [3.63, 3.8) is 0 Å². The minimum absolute atomic E-state index is 0.00146. The summed E-state index contributed by atoms with van der Waals surface area (Å²) in [4.78, 5) is 23.9. The van der Waals surface area contributed by atoms with Gasteiger partial charge in [0.2, 0.25) is 5.91 Å². The van der Waals surface area contributed by atoms with Crippen LogP contribution < -0.4 is 10.1 Å². The summed E-state index contributed by atoms with van der Waals surface area (Å²) < 4.78 is 5.12. The maximum Gasteiger partial charge on any atom is 0.341 e. The number of carboxylic acid groups (broad SMARTS) is 1. The number of carboxylic acids is 1. The lowest BCUT2D eigenvalue weighted by atomic mass is 10.1. The van der Waals surface area contributed by atoms with Gasteiger partial charge in [0.15, 0.2) is 6.61 Å². The number of aliphatic carboxylic acids is 1. The summed E-state index contributed by atoms with van der Waals surface area (Å²) in [6, 6.07) is 9.32. The summed E-state index contributed by atoms with van der Waals surface area (Å²) in [6.45, 7) is 1.47. The summed E-state index contributed by atoms with van der Waals surface area (Å²) in [7, 11) is 0. The summed E-state index contributed by atoms with van der Waals surface area (Å²) in [5, 5.41) is 13.6. The Morgan fingerprint density at radius 3 is 2.72 bits per heavy atom. The van der Waals surface area contributed by atoms with E-state index in [1.54, 1.807) is 29.5 Å². The second-order valence-electron chi connectivity index (χ2n) is 5.85. The Bertz CT molecular complexity index is 697. The molecule has 0 bridgehead atoms. The topological polar surface area (TPSA) is 75.6 Å². The Labute approximate surface area is 151 Å². The van der Waals surface area contributed by atoms with Gasteiger partial charge in [-0.1, -0.05) is 12.5 Å². The third-order valence-corrected chi connectivity index (χ3v) is 4.68. The van der Waals surface area contributed by atoms with Gasteiger partial charge < -0.3 is 15.2 Å². The van der Waals surface area contributed by atoms with E-state index in [2.05, 4.69) is 22.8 Å². The summed E-state index contributed by atoms with van der Waals surface area (Å²) >= 11 is 1.77. The molecule has 2 aromatic rings. The maximum atomic E-state index is 12.0. The number of carbonyl (C=O) groups excluding carboxylic acids is 1. The molecule has 2 rings (SSSR count). The Balaban J connectivity index is 1.69. The molecule has 0 aliphatic rings. The molecule has 0 aliphatic carbocycles. The van der Waals surface area contributed by atoms with Gasteiger partial charge in [-0.05, 0) is 61.4 Å². The monoisotopic (exact) mass is 361 g/mol. The fourth-order valence-electron chi connectivity index (χ4n) is 2.44. The molecule has 0 saturated carbocycles. The average Bonchev–Trinajstić information content (AvgIpc) is 3.08. The van der Waals surface area contributed by atoms with Gasteiger partial charge in [-0.2, -0.15) is 0 Å². The van der Waals surface area contributed by atoms with Crippen molar-refractivity contribution >= 4 is 28.9 Å². The zero-order chi connectivity index (χ0) is 18.1. The van der Waals surface area contributed by atoms with E-state index < -0.39 is 5.97 Å². The standard InChI is InChI=1S/C19H23NO4S/c1-14-12-15(24-13-19(22)23)9-10-17(14)20-18(21)8-4-2-3-6-16-7-5-11-25-16/h5,7,9-12H,2-4,6,8,13H2,1H3,(H,20,21)(H,22,23). The molecule has 6 heteroatoms. The summed E-state index contributed by atoms with van der Waals surface area (Å²) in [5.41, 5.74) is 1.57. The molecule has 5 nitrogen and oxygen atoms in total. The molecular formula is C19H23NO4S. The number of anilines is 1. The number of rotatable bonds is 10. The predicted octanol–water partition coefficient (Wildman–Crippen LogP) is 4.26. The molecule has 0 aliphatic heterocycles. The fourth-order valence-corrected chi connectivity index (χ4v) is 3.19. The molecule has 1 aromatic carbocycles. The van der Waals surface area contributed by atoms with Gasteiger partial charge >= 0.3 is 5.97 Å². The van der Waals surface area contributed by atoms with Crippen LogP contribution in [0.5, 0.6) is 5.75 Å². The van der Waals surface area contributed by atoms with Crippen LogP contribution in [0.1, 0.15) is 36.1 Å². The zero-order valence-corrected chi connectivity index (χ0v) is 15.1. The van der Waals surface area contributed by atoms with Crippen LogP contribution in [0.4, 0.5) is 5.69 Å². The number of hydrogen-bond acceptors (Lipinski definition) is 4. The lowest BCUT2D eigenvalue weighted by Crippen LogP contribution is -2.12. The van der Waals surface area contributed by atoms with Gasteiger partial charge in [-0.3, -0.25) is 4.79 Å². The molecule has 0 atom stereocenters. The molecule has 1 amide bonds. The highest BCUT2D eigenvalue weighted by molar-refractivity contribution is 7.09. The molecule has 0 spiro atoms. The number of ether oxygens (including phenoxy) is 1. The largest absolute Gasteiger partial charge is 0.482 e. The summed E-state index contributed by atoms with van der Waals surface area (Å²) in [5.74, 6) is -0.543. The van der Waals surface area contributed by atoms with Crippen molar-refractivity contribution < 1.29 is 19.4 Å². The van der Waals surface area contributed by atoms with Crippen molar-refractivity contribution in [1.29, 1.82) is 0 Å². The first-order valence-corrected chi connectivity index (χ1v) is 9.20. The van der Waals surface area contributed by atoms with Crippen LogP contribution in [0.2, 0.25) is 0 Å². The Kier molecular flexibility index (Phi) is 7.47. The molecule has 1 aromatic heterocycles. The number of aryl methyl sites for hydroxylation is 2. The number of thiophene rings is 1. The first kappa shape index (κ1) is 19.0. The van der Waals surface area contributed by atoms with Gasteiger partial charge in [-0.25, -0.2) is 4.79 Å². The van der Waals surface area contributed by atoms with Crippen molar-refractivity contribution in [1.82, 2.24) is 0 Å². The van der Waals surface area contributed by atoms with E-state index in [0.717, 1.165) is 36.9 Å². The molecule has 0 saturated heterocycles. The molecule has 1 heterocycles. The highest BCUT2D eigenvalue weighted by Gasteiger charge is 2.07. The number of nitrogens with one attached hydrogen (secondary N) is 1. The van der Waals surface area contributed by atoms with E-state index in [4.69, 9.17) is 9.84 Å². The van der Waals surface area contributed by atoms with Gasteiger partial charge in [-0.15, -0.1) is 11.3 Å². The maximum absolute atomic E-state index is 12.0. The van der Waals surface area contributed by atoms with Gasteiger partial charge in [0, 0.05) is 17.0 Å². The number of amides is 1. The van der Waals surface area contributed by atoms with E-state index in [1.807, 2.05) is 6.92 Å². The molecule has 0 radical (unpaired) electrons. The number of carbonyl (C=O) groups is 2. The van der Waals surface area contributed by atoms with Crippen LogP contribution >= 0.6 is 11.3 Å². The highest BCUT2D eigenvalue weighted by Crippen LogP contribution is 2.22. The predicted molar refractivity (Wildman–Crippen MR) is 99.4 cm³/mol. The van der Waals surface area contributed by atoms with Crippen molar-refractivity contribution in [2.24, 2.45) is 0 Å². The second-order valence-corrected chi connectivity index (χ2v) is 6.88. The molecule has 2 N–H and O–H groups in total. The SMILES string of the molecule is Cc1cc(OCC(=O)O)ccc1NC(=O)CCCCCc1cccs1. The van der Waals surface area contributed by atoms with Crippen LogP contribution in [-0.2, 0) is 16.0 Å². The van der Waals surface area contributed by atoms with Crippen molar-refractivity contribution in [3.8, 4) is 5.75 Å². The van der Waals surface area contributed by atoms with E-state index in [1.165, 1.54) is 4.88 Å². The van der Waals surface area contributed by atoms with Crippen LogP contribution in [0.3, 0.4) is 0 Å². The third-order valence-electron chi connectivity index (χ3n) is 3.74. The fraction of sp³-hybridized carbons (Fsp3) is 0.368. The third kappa shape index (κ3) is 6.97. The quantitative estimate of drug-likeness (QED) is 0.620. The molecule has 0 unspecified atom stereocenters. The molecule has 134 valence electrons. The minimum Gasteiger partial charge on any atom is -0.482 e. The number of hydrogen-bond donors (Lipinski definition) is 2.